The maximum Gasteiger partial charge on any atom is 0.119 e. The first-order valence-electron chi connectivity index (χ1n) is 3.22. The highest BCUT2D eigenvalue weighted by atomic mass is 31.0. The fourth-order valence-corrected chi connectivity index (χ4v) is 0.680. The topological polar surface area (TPSA) is 29.5 Å². The van der Waals surface area contributed by atoms with Gasteiger partial charge >= 0.3 is 0 Å². The van der Waals surface area contributed by atoms with E-state index in [1.54, 1.807) is 0 Å². The molecule has 62 valence electrons. The lowest BCUT2D eigenvalue weighted by Gasteiger charge is -2.01. The Labute approximate surface area is 69.8 Å². The van der Waals surface area contributed by atoms with Crippen molar-refractivity contribution in [2.24, 2.45) is 0 Å². The fraction of sp³-hybridized carbons (Fsp3) is 0.250. The quantitative estimate of drug-likeness (QED) is 0.692. The standard InChI is InChI=1S/C8H10O2.H3P/c9-6-7-10-8-4-2-1-3-5-8;/h1-5,9H,6-7H2;1H3. The number of rotatable bonds is 3. The summed E-state index contributed by atoms with van der Waals surface area (Å²) in [6.45, 7) is 0.429. The molecule has 1 rings (SSSR count). The zero-order valence-corrected chi connectivity index (χ0v) is 7.78. The van der Waals surface area contributed by atoms with Crippen LogP contribution in [0.4, 0.5) is 0 Å². The number of hydrogen-bond donors (Lipinski definition) is 1. The molecule has 1 unspecified atom stereocenters. The van der Waals surface area contributed by atoms with E-state index in [-0.39, 0.29) is 16.5 Å². The van der Waals surface area contributed by atoms with Crippen molar-refractivity contribution in [1.82, 2.24) is 0 Å². The van der Waals surface area contributed by atoms with E-state index in [2.05, 4.69) is 0 Å². The summed E-state index contributed by atoms with van der Waals surface area (Å²) in [6.07, 6.45) is 0. The maximum atomic E-state index is 8.40. The Morgan fingerprint density at radius 3 is 2.36 bits per heavy atom. The molecule has 11 heavy (non-hydrogen) atoms. The third-order valence-corrected chi connectivity index (χ3v) is 1.10. The van der Waals surface area contributed by atoms with Gasteiger partial charge in [-0.05, 0) is 12.1 Å². The van der Waals surface area contributed by atoms with Crippen molar-refractivity contribution in [2.75, 3.05) is 13.2 Å². The Hall–Kier alpha value is -0.590. The highest BCUT2D eigenvalue weighted by Gasteiger charge is 1.86. The summed E-state index contributed by atoms with van der Waals surface area (Å²) in [4.78, 5) is 0. The Morgan fingerprint density at radius 2 is 1.82 bits per heavy atom. The van der Waals surface area contributed by atoms with Crippen molar-refractivity contribution in [3.63, 3.8) is 0 Å². The van der Waals surface area contributed by atoms with E-state index < -0.39 is 0 Å². The molecule has 0 aromatic heterocycles. The molecule has 3 heteroatoms. The SMILES string of the molecule is OCCOc1ccccc1.P. The van der Waals surface area contributed by atoms with Crippen LogP contribution < -0.4 is 4.74 Å². The van der Waals surface area contributed by atoms with E-state index in [0.717, 1.165) is 5.75 Å². The molecule has 0 spiro atoms. The molecular formula is C8H13O2P. The molecule has 0 aliphatic carbocycles. The van der Waals surface area contributed by atoms with Crippen LogP contribution in [-0.2, 0) is 0 Å². The van der Waals surface area contributed by atoms with Gasteiger partial charge in [-0.2, -0.15) is 9.90 Å². The molecule has 1 N–H and O–H groups in total. The number of aliphatic hydroxyl groups excluding tert-OH is 1. The highest BCUT2D eigenvalue weighted by Crippen LogP contribution is 2.06. The van der Waals surface area contributed by atoms with Crippen molar-refractivity contribution >= 4 is 9.90 Å². The van der Waals surface area contributed by atoms with Crippen LogP contribution in [0, 0.1) is 0 Å². The van der Waals surface area contributed by atoms with Crippen molar-refractivity contribution in [3.05, 3.63) is 30.3 Å². The largest absolute Gasteiger partial charge is 0.491 e. The molecule has 0 fully saturated rings. The van der Waals surface area contributed by atoms with Crippen LogP contribution in [0.3, 0.4) is 0 Å². The van der Waals surface area contributed by atoms with E-state index in [1.165, 1.54) is 0 Å². The Kier molecular flexibility index (Phi) is 5.81. The Bertz CT molecular complexity index is 177. The first kappa shape index (κ1) is 10.4. The van der Waals surface area contributed by atoms with Crippen LogP contribution in [0.2, 0.25) is 0 Å². The second-order valence-electron chi connectivity index (χ2n) is 1.89. The molecule has 0 saturated carbocycles. The van der Waals surface area contributed by atoms with Gasteiger partial charge < -0.3 is 9.84 Å². The van der Waals surface area contributed by atoms with Gasteiger partial charge in [-0.25, -0.2) is 0 Å². The van der Waals surface area contributed by atoms with Gasteiger partial charge in [-0.15, -0.1) is 0 Å². The van der Waals surface area contributed by atoms with Crippen LogP contribution in [0.25, 0.3) is 0 Å². The predicted octanol–water partition coefficient (Wildman–Crippen LogP) is 1.12. The second kappa shape index (κ2) is 6.14. The molecule has 1 aromatic carbocycles. The van der Waals surface area contributed by atoms with E-state index in [1.807, 2.05) is 30.3 Å². The number of benzene rings is 1. The maximum absolute atomic E-state index is 8.40. The summed E-state index contributed by atoms with van der Waals surface area (Å²) in [7, 11) is 0. The van der Waals surface area contributed by atoms with Gasteiger partial charge in [-0.1, -0.05) is 18.2 Å². The summed E-state index contributed by atoms with van der Waals surface area (Å²) >= 11 is 0. The molecule has 0 aliphatic heterocycles. The van der Waals surface area contributed by atoms with Crippen molar-refractivity contribution < 1.29 is 9.84 Å². The van der Waals surface area contributed by atoms with Crippen LogP contribution in [-0.4, -0.2) is 18.3 Å². The van der Waals surface area contributed by atoms with Crippen LogP contribution >= 0.6 is 9.90 Å². The molecule has 0 heterocycles. The lowest BCUT2D eigenvalue weighted by molar-refractivity contribution is 0.201. The van der Waals surface area contributed by atoms with E-state index in [4.69, 9.17) is 9.84 Å². The molecule has 0 bridgehead atoms. The monoisotopic (exact) mass is 172 g/mol. The molecule has 0 aliphatic rings. The van der Waals surface area contributed by atoms with E-state index in [0.29, 0.717) is 6.61 Å². The molecular weight excluding hydrogens is 159 g/mol. The molecule has 0 radical (unpaired) electrons. The van der Waals surface area contributed by atoms with Crippen molar-refractivity contribution in [3.8, 4) is 5.75 Å². The first-order chi connectivity index (χ1) is 4.93. The average Bonchev–Trinajstić information content (AvgIpc) is 2.03. The minimum absolute atomic E-state index is 0. The molecule has 2 nitrogen and oxygen atoms in total. The average molecular weight is 172 g/mol. The summed E-state index contributed by atoms with van der Waals surface area (Å²) in [6, 6.07) is 9.43. The van der Waals surface area contributed by atoms with E-state index >= 15 is 0 Å². The Morgan fingerprint density at radius 1 is 1.18 bits per heavy atom. The summed E-state index contributed by atoms with van der Waals surface area (Å²) in [5.41, 5.74) is 0. The lowest BCUT2D eigenvalue weighted by atomic mass is 10.3. The third kappa shape index (κ3) is 3.97. The van der Waals surface area contributed by atoms with Crippen LogP contribution in [0.1, 0.15) is 0 Å². The predicted molar refractivity (Wildman–Crippen MR) is 50.1 cm³/mol. The normalized spacial score (nSPS) is 8.45. The third-order valence-electron chi connectivity index (χ3n) is 1.10. The van der Waals surface area contributed by atoms with Crippen molar-refractivity contribution in [1.29, 1.82) is 0 Å². The van der Waals surface area contributed by atoms with Gasteiger partial charge in [0.25, 0.3) is 0 Å². The minimum Gasteiger partial charge on any atom is -0.491 e. The van der Waals surface area contributed by atoms with Crippen LogP contribution in [0.5, 0.6) is 5.75 Å². The van der Waals surface area contributed by atoms with Gasteiger partial charge in [0, 0.05) is 0 Å². The minimum atomic E-state index is 0. The molecule has 1 aromatic rings. The molecule has 0 saturated heterocycles. The number of para-hydroxylation sites is 1. The van der Waals surface area contributed by atoms with E-state index in [9.17, 15) is 0 Å². The van der Waals surface area contributed by atoms with Gasteiger partial charge in [0.1, 0.15) is 12.4 Å². The summed E-state index contributed by atoms with van der Waals surface area (Å²) in [5.74, 6) is 0.802. The first-order valence-corrected chi connectivity index (χ1v) is 3.22. The molecule has 1 atom stereocenters. The van der Waals surface area contributed by atoms with Crippen LogP contribution in [0.15, 0.2) is 30.3 Å². The lowest BCUT2D eigenvalue weighted by Crippen LogP contribution is -2.00. The zero-order valence-electron chi connectivity index (χ0n) is 6.36. The number of ether oxygens (including phenoxy) is 1. The number of aliphatic hydroxyl groups is 1. The smallest absolute Gasteiger partial charge is 0.119 e. The summed E-state index contributed by atoms with van der Waals surface area (Å²) in [5, 5.41) is 8.40. The number of hydrogen-bond acceptors (Lipinski definition) is 2. The highest BCUT2D eigenvalue weighted by molar-refractivity contribution is 6.92. The zero-order chi connectivity index (χ0) is 7.23. The fourth-order valence-electron chi connectivity index (χ4n) is 0.680. The second-order valence-corrected chi connectivity index (χ2v) is 1.89. The van der Waals surface area contributed by atoms with Gasteiger partial charge in [0.15, 0.2) is 0 Å². The van der Waals surface area contributed by atoms with Gasteiger partial charge in [0.05, 0.1) is 6.61 Å². The van der Waals surface area contributed by atoms with Crippen molar-refractivity contribution in [2.45, 2.75) is 0 Å². The molecule has 0 amide bonds. The summed E-state index contributed by atoms with van der Waals surface area (Å²) < 4.78 is 5.11. The van der Waals surface area contributed by atoms with Gasteiger partial charge in [0.2, 0.25) is 0 Å². The Balaban J connectivity index is 0.000001000. The van der Waals surface area contributed by atoms with Gasteiger partial charge in [-0.3, -0.25) is 0 Å².